The van der Waals surface area contributed by atoms with Crippen molar-refractivity contribution in [2.75, 3.05) is 0 Å². The fourth-order valence-electron chi connectivity index (χ4n) is 0.998. The molecule has 3 N–H and O–H groups in total. The molecule has 0 amide bonds. The maximum Gasteiger partial charge on any atom is 0.123 e. The summed E-state index contributed by atoms with van der Waals surface area (Å²) in [5.41, 5.74) is 0.965. The van der Waals surface area contributed by atoms with Gasteiger partial charge in [-0.25, -0.2) is 4.39 Å². The van der Waals surface area contributed by atoms with E-state index in [9.17, 15) is 4.39 Å². The third-order valence-corrected chi connectivity index (χ3v) is 1.76. The average Bonchev–Trinajstić information content (AvgIpc) is 2.32. The van der Waals surface area contributed by atoms with Crippen molar-refractivity contribution in [3.8, 4) is 0 Å². The molecule has 0 aliphatic carbocycles. The van der Waals surface area contributed by atoms with Gasteiger partial charge in [-0.1, -0.05) is 48.5 Å². The van der Waals surface area contributed by atoms with Gasteiger partial charge in [0.1, 0.15) is 5.82 Å². The topological polar surface area (TPSA) is 51.7 Å². The molecule has 0 fully saturated rings. The van der Waals surface area contributed by atoms with Crippen LogP contribution in [-0.2, 0) is 6.61 Å². The fourth-order valence-corrected chi connectivity index (χ4v) is 0.998. The third-order valence-electron chi connectivity index (χ3n) is 1.76. The van der Waals surface area contributed by atoms with Crippen molar-refractivity contribution >= 4 is 0 Å². The summed E-state index contributed by atoms with van der Waals surface area (Å²) in [5.74, 6) is -0.178. The minimum Gasteiger partial charge on any atom is -0.412 e. The summed E-state index contributed by atoms with van der Waals surface area (Å²) in [4.78, 5) is 0. The van der Waals surface area contributed by atoms with Crippen molar-refractivity contribution in [1.29, 1.82) is 0 Å². The lowest BCUT2D eigenvalue weighted by Gasteiger charge is -1.89. The fraction of sp³-hybridized carbons (Fsp3) is 0.0769. The number of aliphatic hydroxyl groups excluding tert-OH is 1. The summed E-state index contributed by atoms with van der Waals surface area (Å²) in [6, 6.07) is 17.5. The Morgan fingerprint density at radius 3 is 1.50 bits per heavy atom. The van der Waals surface area contributed by atoms with E-state index >= 15 is 0 Å². The number of hydrogen-bond acceptors (Lipinski definition) is 1. The summed E-state index contributed by atoms with van der Waals surface area (Å²) in [6.45, 7) is 0.140. The third kappa shape index (κ3) is 5.90. The highest BCUT2D eigenvalue weighted by Gasteiger charge is 1.81. The van der Waals surface area contributed by atoms with Crippen LogP contribution in [0, 0.1) is 5.82 Å². The van der Waals surface area contributed by atoms with E-state index in [1.165, 1.54) is 12.1 Å². The van der Waals surface area contributed by atoms with E-state index in [0.29, 0.717) is 0 Å². The summed E-state index contributed by atoms with van der Waals surface area (Å²) in [6.07, 6.45) is 0. The second-order valence-electron chi connectivity index (χ2n) is 2.94. The van der Waals surface area contributed by atoms with Gasteiger partial charge in [-0.3, -0.25) is 0 Å². The molecule has 0 aromatic heterocycles. The van der Waals surface area contributed by atoms with Crippen LogP contribution >= 0.6 is 0 Å². The molecular weight excluding hydrogens is 207 g/mol. The molecule has 2 rings (SSSR count). The molecular formula is C13H15FO2. The first-order chi connectivity index (χ1) is 7.33. The van der Waals surface area contributed by atoms with E-state index in [1.807, 2.05) is 30.3 Å². The highest BCUT2D eigenvalue weighted by Crippen LogP contribution is 1.95. The van der Waals surface area contributed by atoms with Crippen LogP contribution in [0.3, 0.4) is 0 Å². The number of halogens is 1. The van der Waals surface area contributed by atoms with Crippen molar-refractivity contribution in [1.82, 2.24) is 0 Å². The predicted octanol–water partition coefficient (Wildman–Crippen LogP) is 2.18. The number of aliphatic hydroxyl groups is 1. The second kappa shape index (κ2) is 8.59. The van der Waals surface area contributed by atoms with Crippen LogP contribution in [0.15, 0.2) is 60.7 Å². The van der Waals surface area contributed by atoms with Crippen molar-refractivity contribution in [2.24, 2.45) is 0 Å². The molecule has 0 bridgehead atoms. The molecule has 2 aromatic carbocycles. The molecule has 0 spiro atoms. The Morgan fingerprint density at radius 2 is 1.25 bits per heavy atom. The zero-order valence-electron chi connectivity index (χ0n) is 8.81. The van der Waals surface area contributed by atoms with E-state index < -0.39 is 0 Å². The van der Waals surface area contributed by atoms with Gasteiger partial charge in [0.25, 0.3) is 0 Å². The van der Waals surface area contributed by atoms with Crippen LogP contribution in [0.1, 0.15) is 5.56 Å². The van der Waals surface area contributed by atoms with Crippen LogP contribution in [0.25, 0.3) is 0 Å². The summed E-state index contributed by atoms with van der Waals surface area (Å²) in [7, 11) is 0. The van der Waals surface area contributed by atoms with Crippen molar-refractivity contribution in [2.45, 2.75) is 6.61 Å². The molecule has 0 atom stereocenters. The standard InChI is InChI=1S/C7H8O.C6H5F.H2O/c8-6-7-4-2-1-3-5-7;7-6-4-2-1-3-5-6;/h1-5,8H,6H2;1-5H;1H2. The summed E-state index contributed by atoms with van der Waals surface area (Å²) >= 11 is 0. The van der Waals surface area contributed by atoms with Crippen molar-refractivity contribution in [3.05, 3.63) is 72.0 Å². The first kappa shape index (κ1) is 14.3. The Hall–Kier alpha value is -1.71. The molecule has 0 unspecified atom stereocenters. The number of rotatable bonds is 1. The molecule has 0 saturated heterocycles. The van der Waals surface area contributed by atoms with E-state index in [4.69, 9.17) is 5.11 Å². The Labute approximate surface area is 94.3 Å². The van der Waals surface area contributed by atoms with Crippen LogP contribution < -0.4 is 0 Å². The van der Waals surface area contributed by atoms with Gasteiger partial charge in [0.2, 0.25) is 0 Å². The molecule has 0 aliphatic rings. The summed E-state index contributed by atoms with van der Waals surface area (Å²) in [5, 5.41) is 8.54. The van der Waals surface area contributed by atoms with Crippen LogP contribution in [0.5, 0.6) is 0 Å². The maximum absolute atomic E-state index is 11.9. The van der Waals surface area contributed by atoms with Gasteiger partial charge >= 0.3 is 0 Å². The SMILES string of the molecule is Fc1ccccc1.O.OCc1ccccc1. The first-order valence-corrected chi connectivity index (χ1v) is 4.68. The molecule has 0 radical (unpaired) electrons. The molecule has 3 heteroatoms. The molecule has 0 heterocycles. The van der Waals surface area contributed by atoms with E-state index in [0.717, 1.165) is 5.56 Å². The van der Waals surface area contributed by atoms with Crippen LogP contribution in [0.4, 0.5) is 4.39 Å². The van der Waals surface area contributed by atoms with Crippen molar-refractivity contribution < 1.29 is 15.0 Å². The van der Waals surface area contributed by atoms with Gasteiger partial charge in [-0.15, -0.1) is 0 Å². The zero-order valence-corrected chi connectivity index (χ0v) is 8.81. The first-order valence-electron chi connectivity index (χ1n) is 4.68. The molecule has 86 valence electrons. The molecule has 2 aromatic rings. The molecule has 2 nitrogen and oxygen atoms in total. The van der Waals surface area contributed by atoms with Crippen LogP contribution in [-0.4, -0.2) is 10.6 Å². The minimum atomic E-state index is -0.178. The number of benzene rings is 2. The van der Waals surface area contributed by atoms with E-state index in [2.05, 4.69) is 0 Å². The van der Waals surface area contributed by atoms with Gasteiger partial charge in [-0.05, 0) is 17.7 Å². The highest BCUT2D eigenvalue weighted by molar-refractivity contribution is 5.12. The minimum absolute atomic E-state index is 0. The maximum atomic E-state index is 11.9. The van der Waals surface area contributed by atoms with Crippen LogP contribution in [0.2, 0.25) is 0 Å². The second-order valence-corrected chi connectivity index (χ2v) is 2.94. The molecule has 0 saturated carbocycles. The largest absolute Gasteiger partial charge is 0.412 e. The molecule has 16 heavy (non-hydrogen) atoms. The van der Waals surface area contributed by atoms with Gasteiger partial charge < -0.3 is 10.6 Å². The lowest BCUT2D eigenvalue weighted by atomic mass is 10.2. The Kier molecular flexibility index (Phi) is 7.67. The highest BCUT2D eigenvalue weighted by atomic mass is 19.1. The Morgan fingerprint density at radius 1 is 0.812 bits per heavy atom. The number of hydrogen-bond donors (Lipinski definition) is 1. The van der Waals surface area contributed by atoms with Gasteiger partial charge in [0.05, 0.1) is 6.61 Å². The quantitative estimate of drug-likeness (QED) is 0.790. The Balaban J connectivity index is 0.000000267. The lowest BCUT2D eigenvalue weighted by molar-refractivity contribution is 0.282. The lowest BCUT2D eigenvalue weighted by Crippen LogP contribution is -1.77. The van der Waals surface area contributed by atoms with Crippen molar-refractivity contribution in [3.63, 3.8) is 0 Å². The van der Waals surface area contributed by atoms with Gasteiger partial charge in [-0.2, -0.15) is 0 Å². The normalized spacial score (nSPS) is 8.38. The van der Waals surface area contributed by atoms with Gasteiger partial charge in [0.15, 0.2) is 0 Å². The monoisotopic (exact) mass is 222 g/mol. The molecule has 0 aliphatic heterocycles. The predicted molar refractivity (Wildman–Crippen MR) is 62.4 cm³/mol. The van der Waals surface area contributed by atoms with Gasteiger partial charge in [0, 0.05) is 0 Å². The van der Waals surface area contributed by atoms with E-state index in [-0.39, 0.29) is 17.9 Å². The Bertz CT molecular complexity index is 362. The average molecular weight is 222 g/mol. The summed E-state index contributed by atoms with van der Waals surface area (Å²) < 4.78 is 11.9. The smallest absolute Gasteiger partial charge is 0.123 e. The zero-order chi connectivity index (χ0) is 10.9. The van der Waals surface area contributed by atoms with E-state index in [1.54, 1.807) is 18.2 Å².